The third-order valence-corrected chi connectivity index (χ3v) is 2.82. The van der Waals surface area contributed by atoms with Gasteiger partial charge in [0.05, 0.1) is 6.07 Å². The lowest BCUT2D eigenvalue weighted by molar-refractivity contribution is -0.119. The van der Waals surface area contributed by atoms with Gasteiger partial charge in [0.1, 0.15) is 11.7 Å². The Morgan fingerprint density at radius 2 is 2.31 bits per heavy atom. The highest BCUT2D eigenvalue weighted by atomic mass is 19.1. The number of carbonyl (C=O) groups excluding carboxylic acids is 1. The van der Waals surface area contributed by atoms with E-state index >= 15 is 0 Å². The molecule has 1 unspecified atom stereocenters. The van der Waals surface area contributed by atoms with Crippen molar-refractivity contribution in [3.63, 3.8) is 0 Å². The van der Waals surface area contributed by atoms with Crippen LogP contribution < -0.4 is 0 Å². The molecule has 16 heavy (non-hydrogen) atoms. The van der Waals surface area contributed by atoms with Gasteiger partial charge >= 0.3 is 0 Å². The summed E-state index contributed by atoms with van der Waals surface area (Å²) in [6.45, 7) is 0. The zero-order chi connectivity index (χ0) is 11.5. The second-order valence-corrected chi connectivity index (χ2v) is 4.23. The van der Waals surface area contributed by atoms with Crippen molar-refractivity contribution in [1.29, 1.82) is 5.26 Å². The molecule has 0 N–H and O–H groups in total. The van der Waals surface area contributed by atoms with E-state index in [1.165, 1.54) is 18.2 Å². The summed E-state index contributed by atoms with van der Waals surface area (Å²) in [5.41, 5.74) is 0.466. The maximum absolute atomic E-state index is 13.0. The summed E-state index contributed by atoms with van der Waals surface area (Å²) in [5, 5.41) is 8.98. The van der Waals surface area contributed by atoms with Crippen LogP contribution in [0.4, 0.5) is 4.39 Å². The summed E-state index contributed by atoms with van der Waals surface area (Å²) < 4.78 is 13.0. The van der Waals surface area contributed by atoms with E-state index in [2.05, 4.69) is 0 Å². The fraction of sp³-hybridized carbons (Fsp3) is 0.385. The molecule has 0 spiro atoms. The summed E-state index contributed by atoms with van der Waals surface area (Å²) in [6.07, 6.45) is 2.61. The Labute approximate surface area is 93.7 Å². The fourth-order valence-corrected chi connectivity index (χ4v) is 1.74. The van der Waals surface area contributed by atoms with Crippen molar-refractivity contribution in [2.75, 3.05) is 0 Å². The van der Waals surface area contributed by atoms with Crippen LogP contribution in [-0.4, -0.2) is 5.78 Å². The lowest BCUT2D eigenvalue weighted by Crippen LogP contribution is -2.11. The largest absolute Gasteiger partial charge is 0.298 e. The van der Waals surface area contributed by atoms with E-state index in [1.54, 1.807) is 6.07 Å². The van der Waals surface area contributed by atoms with Crippen LogP contribution >= 0.6 is 0 Å². The molecular weight excluding hydrogens is 205 g/mol. The topological polar surface area (TPSA) is 40.9 Å². The van der Waals surface area contributed by atoms with Gasteiger partial charge in [-0.3, -0.25) is 4.79 Å². The Hall–Kier alpha value is -1.69. The van der Waals surface area contributed by atoms with Gasteiger partial charge in [-0.15, -0.1) is 0 Å². The molecule has 1 aliphatic carbocycles. The number of carbonyl (C=O) groups is 1. The Bertz CT molecular complexity index is 445. The summed E-state index contributed by atoms with van der Waals surface area (Å²) in [4.78, 5) is 11.8. The molecule has 0 aromatic heterocycles. The molecule has 1 fully saturated rings. The van der Waals surface area contributed by atoms with Crippen molar-refractivity contribution in [3.05, 3.63) is 35.6 Å². The molecular formula is C13H12FNO. The molecule has 3 heteroatoms. The maximum Gasteiger partial charge on any atom is 0.154 e. The van der Waals surface area contributed by atoms with Crippen LogP contribution in [0.25, 0.3) is 0 Å². The third kappa shape index (κ3) is 2.46. The molecule has 1 atom stereocenters. The van der Waals surface area contributed by atoms with Crippen molar-refractivity contribution in [2.24, 2.45) is 5.92 Å². The van der Waals surface area contributed by atoms with Crippen LogP contribution in [0.1, 0.15) is 30.7 Å². The zero-order valence-corrected chi connectivity index (χ0v) is 8.82. The fourth-order valence-electron chi connectivity index (χ4n) is 1.74. The molecule has 0 radical (unpaired) electrons. The zero-order valence-electron chi connectivity index (χ0n) is 8.82. The molecule has 1 aromatic rings. The van der Waals surface area contributed by atoms with Crippen molar-refractivity contribution in [1.82, 2.24) is 0 Å². The van der Waals surface area contributed by atoms with Crippen LogP contribution in [0.5, 0.6) is 0 Å². The third-order valence-electron chi connectivity index (χ3n) is 2.82. The van der Waals surface area contributed by atoms with Crippen LogP contribution in [0, 0.1) is 23.1 Å². The van der Waals surface area contributed by atoms with Crippen LogP contribution in [0.15, 0.2) is 24.3 Å². The quantitative estimate of drug-likeness (QED) is 0.778. The van der Waals surface area contributed by atoms with Gasteiger partial charge in [0.25, 0.3) is 0 Å². The number of nitriles is 1. The minimum Gasteiger partial charge on any atom is -0.298 e. The monoisotopic (exact) mass is 217 g/mol. The van der Waals surface area contributed by atoms with Gasteiger partial charge in [0.15, 0.2) is 5.78 Å². The number of rotatable bonds is 4. The number of ketones is 1. The molecule has 0 amide bonds. The minimum absolute atomic E-state index is 0.0874. The lowest BCUT2D eigenvalue weighted by atomic mass is 9.93. The van der Waals surface area contributed by atoms with E-state index in [-0.39, 0.29) is 5.78 Å². The van der Waals surface area contributed by atoms with E-state index in [0.717, 1.165) is 12.8 Å². The van der Waals surface area contributed by atoms with Gasteiger partial charge in [-0.05, 0) is 36.5 Å². The first-order chi connectivity index (χ1) is 7.70. The molecule has 2 rings (SSSR count). The summed E-state index contributed by atoms with van der Waals surface area (Å²) >= 11 is 0. The highest BCUT2D eigenvalue weighted by Gasteiger charge is 2.29. The number of hydrogen-bond donors (Lipinski definition) is 0. The van der Waals surface area contributed by atoms with E-state index in [1.807, 2.05) is 6.07 Å². The predicted octanol–water partition coefficient (Wildman–Crippen LogP) is 2.80. The van der Waals surface area contributed by atoms with Crippen LogP contribution in [0.2, 0.25) is 0 Å². The first-order valence-corrected chi connectivity index (χ1v) is 5.38. The highest BCUT2D eigenvalue weighted by molar-refractivity contribution is 5.88. The Morgan fingerprint density at radius 1 is 1.56 bits per heavy atom. The first-order valence-electron chi connectivity index (χ1n) is 5.38. The number of hydrogen-bond acceptors (Lipinski definition) is 2. The number of benzene rings is 1. The van der Waals surface area contributed by atoms with E-state index < -0.39 is 11.7 Å². The average molecular weight is 217 g/mol. The predicted molar refractivity (Wildman–Crippen MR) is 57.1 cm³/mol. The molecule has 82 valence electrons. The van der Waals surface area contributed by atoms with E-state index in [4.69, 9.17) is 5.26 Å². The molecule has 0 aliphatic heterocycles. The summed E-state index contributed by atoms with van der Waals surface area (Å²) in [5.74, 6) is -0.846. The summed E-state index contributed by atoms with van der Waals surface area (Å²) in [7, 11) is 0. The molecule has 1 aliphatic rings. The minimum atomic E-state index is -0.809. The number of Topliss-reactive ketones (excluding diaryl/α,β-unsaturated/α-hetero) is 1. The Morgan fingerprint density at radius 3 is 2.88 bits per heavy atom. The lowest BCUT2D eigenvalue weighted by Gasteiger charge is -2.07. The Balaban J connectivity index is 2.15. The van der Waals surface area contributed by atoms with E-state index in [0.29, 0.717) is 17.9 Å². The van der Waals surface area contributed by atoms with Gasteiger partial charge in [-0.1, -0.05) is 12.1 Å². The average Bonchev–Trinajstić information content (AvgIpc) is 3.03. The normalized spacial score (nSPS) is 16.5. The molecule has 1 saturated carbocycles. The first kappa shape index (κ1) is 10.8. The number of halogens is 1. The second kappa shape index (κ2) is 4.44. The highest BCUT2D eigenvalue weighted by Crippen LogP contribution is 2.34. The SMILES string of the molecule is N#CC(C(=O)CC1CC1)c1cccc(F)c1. The molecule has 1 aromatic carbocycles. The van der Waals surface area contributed by atoms with Gasteiger partial charge in [-0.2, -0.15) is 5.26 Å². The second-order valence-electron chi connectivity index (χ2n) is 4.23. The molecule has 0 bridgehead atoms. The van der Waals surface area contributed by atoms with Gasteiger partial charge in [0.2, 0.25) is 0 Å². The van der Waals surface area contributed by atoms with Crippen LogP contribution in [-0.2, 0) is 4.79 Å². The Kier molecular flexibility index (Phi) is 3.00. The smallest absolute Gasteiger partial charge is 0.154 e. The standard InChI is InChI=1S/C13H12FNO/c14-11-3-1-2-10(7-11)12(8-15)13(16)6-9-4-5-9/h1-3,7,9,12H,4-6H2. The van der Waals surface area contributed by atoms with Gasteiger partial charge < -0.3 is 0 Å². The van der Waals surface area contributed by atoms with Crippen molar-refractivity contribution in [3.8, 4) is 6.07 Å². The summed E-state index contributed by atoms with van der Waals surface area (Å²) in [6, 6.07) is 7.69. The maximum atomic E-state index is 13.0. The number of nitrogens with zero attached hydrogens (tertiary/aromatic N) is 1. The van der Waals surface area contributed by atoms with Gasteiger partial charge in [0, 0.05) is 6.42 Å². The van der Waals surface area contributed by atoms with Crippen molar-refractivity contribution in [2.45, 2.75) is 25.2 Å². The van der Waals surface area contributed by atoms with Crippen molar-refractivity contribution < 1.29 is 9.18 Å². The van der Waals surface area contributed by atoms with E-state index in [9.17, 15) is 9.18 Å². The molecule has 2 nitrogen and oxygen atoms in total. The molecule has 0 heterocycles. The molecule has 0 saturated heterocycles. The van der Waals surface area contributed by atoms with Crippen LogP contribution in [0.3, 0.4) is 0 Å². The van der Waals surface area contributed by atoms with Gasteiger partial charge in [-0.25, -0.2) is 4.39 Å². The van der Waals surface area contributed by atoms with Crippen molar-refractivity contribution >= 4 is 5.78 Å².